The van der Waals surface area contributed by atoms with E-state index < -0.39 is 0 Å². The Kier molecular flexibility index (Phi) is 6.64. The number of rotatable bonds is 6. The van der Waals surface area contributed by atoms with Gasteiger partial charge in [0.15, 0.2) is 10.8 Å². The molecule has 184 valence electrons. The third-order valence-corrected chi connectivity index (χ3v) is 7.48. The highest BCUT2D eigenvalue weighted by Gasteiger charge is 2.31. The second-order valence-electron chi connectivity index (χ2n) is 9.31. The topological polar surface area (TPSA) is 86.1 Å². The second-order valence-corrected chi connectivity index (χ2v) is 10.3. The molecule has 1 aliphatic rings. The maximum absolute atomic E-state index is 13.7. The number of fused-ring (bicyclic) bond motifs is 2. The highest BCUT2D eigenvalue weighted by molar-refractivity contribution is 7.99. The number of hydrogen-bond donors (Lipinski definition) is 1. The van der Waals surface area contributed by atoms with Crippen molar-refractivity contribution in [1.82, 2.24) is 14.5 Å². The van der Waals surface area contributed by atoms with Crippen LogP contribution in [0.5, 0.6) is 0 Å². The quantitative estimate of drug-likeness (QED) is 0.294. The minimum Gasteiger partial charge on any atom is -0.370 e. The van der Waals surface area contributed by atoms with Crippen molar-refractivity contribution in [3.63, 3.8) is 0 Å². The maximum atomic E-state index is 13.7. The average Bonchev–Trinajstić information content (AvgIpc) is 2.88. The van der Waals surface area contributed by atoms with Gasteiger partial charge < -0.3 is 10.1 Å². The molecule has 5 rings (SSSR count). The van der Waals surface area contributed by atoms with Gasteiger partial charge in [-0.25, -0.2) is 9.97 Å². The number of aromatic nitrogens is 3. The van der Waals surface area contributed by atoms with E-state index in [0.29, 0.717) is 34.9 Å². The van der Waals surface area contributed by atoms with Crippen LogP contribution < -0.4 is 10.9 Å². The summed E-state index contributed by atoms with van der Waals surface area (Å²) < 4.78 is 7.63. The van der Waals surface area contributed by atoms with Crippen molar-refractivity contribution in [3.05, 3.63) is 87.8 Å². The predicted octanol–water partition coefficient (Wildman–Crippen LogP) is 5.06. The van der Waals surface area contributed by atoms with Gasteiger partial charge in [0.1, 0.15) is 0 Å². The van der Waals surface area contributed by atoms with E-state index >= 15 is 0 Å². The number of benzene rings is 2. The Morgan fingerprint density at radius 1 is 1.14 bits per heavy atom. The monoisotopic (exact) mass is 500 g/mol. The molecule has 2 aromatic heterocycles. The maximum Gasteiger partial charge on any atom is 0.268 e. The van der Waals surface area contributed by atoms with Gasteiger partial charge in [-0.15, -0.1) is 0 Å². The summed E-state index contributed by atoms with van der Waals surface area (Å²) in [6.07, 6.45) is 1.53. The van der Waals surface area contributed by atoms with Crippen LogP contribution in [-0.2, 0) is 22.6 Å². The van der Waals surface area contributed by atoms with Crippen LogP contribution in [0.25, 0.3) is 16.7 Å². The fraction of sp³-hybridized carbons (Fsp3) is 0.286. The standard InChI is InChI=1S/C28H28N4O3S/c1-4-28(3)15-23-19(16-35-28)14-22-25(30-23)31-27(32(26(22)34)21-8-6-5-7-9-21)36-17-24(33)29-20-12-10-18(2)11-13-20/h5-14H,4,15-17H2,1-3H3,(H,29,33)/t28-/m1/s1. The van der Waals surface area contributed by atoms with Crippen LogP contribution >= 0.6 is 11.8 Å². The summed E-state index contributed by atoms with van der Waals surface area (Å²) in [5.74, 6) is -0.0715. The molecular formula is C28H28N4O3S. The minimum absolute atomic E-state index is 0.103. The molecule has 2 aromatic carbocycles. The van der Waals surface area contributed by atoms with Crippen LogP contribution in [0.15, 0.2) is 70.6 Å². The minimum atomic E-state index is -0.279. The summed E-state index contributed by atoms with van der Waals surface area (Å²) in [5.41, 5.74) is 4.27. The smallest absolute Gasteiger partial charge is 0.268 e. The van der Waals surface area contributed by atoms with E-state index in [9.17, 15) is 9.59 Å². The van der Waals surface area contributed by atoms with Gasteiger partial charge in [0, 0.05) is 17.7 Å². The van der Waals surface area contributed by atoms with Crippen LogP contribution in [-0.4, -0.2) is 31.8 Å². The number of para-hydroxylation sites is 1. The Morgan fingerprint density at radius 2 is 1.89 bits per heavy atom. The van der Waals surface area contributed by atoms with E-state index in [-0.39, 0.29) is 22.8 Å². The first-order valence-electron chi connectivity index (χ1n) is 12.0. The number of thioether (sulfide) groups is 1. The summed E-state index contributed by atoms with van der Waals surface area (Å²) >= 11 is 1.22. The van der Waals surface area contributed by atoms with Crippen LogP contribution in [0.4, 0.5) is 5.69 Å². The van der Waals surface area contributed by atoms with Crippen molar-refractivity contribution in [1.29, 1.82) is 0 Å². The average molecular weight is 501 g/mol. The molecule has 7 nitrogen and oxygen atoms in total. The molecule has 8 heteroatoms. The Hall–Kier alpha value is -3.49. The summed E-state index contributed by atoms with van der Waals surface area (Å²) in [4.78, 5) is 36.0. The van der Waals surface area contributed by atoms with E-state index in [4.69, 9.17) is 14.7 Å². The van der Waals surface area contributed by atoms with Crippen LogP contribution in [0.1, 0.15) is 37.1 Å². The van der Waals surface area contributed by atoms with Crippen molar-refractivity contribution >= 4 is 34.4 Å². The molecule has 0 saturated heterocycles. The highest BCUT2D eigenvalue weighted by Crippen LogP contribution is 2.31. The lowest BCUT2D eigenvalue weighted by atomic mass is 9.91. The first-order chi connectivity index (χ1) is 17.3. The predicted molar refractivity (Wildman–Crippen MR) is 143 cm³/mol. The Labute approximate surface area is 213 Å². The van der Waals surface area contributed by atoms with Crippen LogP contribution in [0.2, 0.25) is 0 Å². The number of carbonyl (C=O) groups is 1. The lowest BCUT2D eigenvalue weighted by Gasteiger charge is -2.33. The normalized spacial score (nSPS) is 17.1. The van der Waals surface area contributed by atoms with Gasteiger partial charge in [0.05, 0.1) is 34.7 Å². The first kappa shape index (κ1) is 24.2. The summed E-state index contributed by atoms with van der Waals surface area (Å²) in [6.45, 7) is 6.59. The molecule has 1 amide bonds. The third kappa shape index (κ3) is 4.92. The molecule has 3 heterocycles. The van der Waals surface area contributed by atoms with Crippen molar-refractivity contribution in [3.8, 4) is 5.69 Å². The van der Waals surface area contributed by atoms with Gasteiger partial charge in [0.25, 0.3) is 5.56 Å². The number of nitrogens with zero attached hydrogens (tertiary/aromatic N) is 3. The van der Waals surface area contributed by atoms with Crippen molar-refractivity contribution in [2.24, 2.45) is 0 Å². The number of aryl methyl sites for hydroxylation is 1. The summed E-state index contributed by atoms with van der Waals surface area (Å²) in [5, 5.41) is 3.77. The molecule has 0 radical (unpaired) electrons. The zero-order chi connectivity index (χ0) is 25.3. The van der Waals surface area contributed by atoms with E-state index in [1.54, 1.807) is 4.57 Å². The molecule has 36 heavy (non-hydrogen) atoms. The number of pyridine rings is 1. The molecule has 0 fully saturated rings. The van der Waals surface area contributed by atoms with E-state index in [1.165, 1.54) is 11.8 Å². The van der Waals surface area contributed by atoms with E-state index in [0.717, 1.165) is 28.9 Å². The highest BCUT2D eigenvalue weighted by atomic mass is 32.2. The molecule has 0 aliphatic carbocycles. The van der Waals surface area contributed by atoms with Crippen LogP contribution in [0, 0.1) is 6.92 Å². The van der Waals surface area contributed by atoms with E-state index in [2.05, 4.69) is 19.2 Å². The number of carbonyl (C=O) groups excluding carboxylic acids is 1. The molecular weight excluding hydrogens is 472 g/mol. The number of nitrogens with one attached hydrogen (secondary N) is 1. The molecule has 0 spiro atoms. The fourth-order valence-electron chi connectivity index (χ4n) is 4.20. The fourth-order valence-corrected chi connectivity index (χ4v) is 5.00. The van der Waals surface area contributed by atoms with Gasteiger partial charge in [-0.05, 0) is 50.6 Å². The number of hydrogen-bond acceptors (Lipinski definition) is 6. The van der Waals surface area contributed by atoms with Gasteiger partial charge in [0.2, 0.25) is 5.91 Å². The number of amides is 1. The summed E-state index contributed by atoms with van der Waals surface area (Å²) in [7, 11) is 0. The molecule has 1 N–H and O–H groups in total. The van der Waals surface area contributed by atoms with Gasteiger partial charge in [-0.3, -0.25) is 14.2 Å². The van der Waals surface area contributed by atoms with Gasteiger partial charge in [-0.1, -0.05) is 54.6 Å². The molecule has 1 aliphatic heterocycles. The van der Waals surface area contributed by atoms with Gasteiger partial charge >= 0.3 is 0 Å². The second kappa shape index (κ2) is 9.87. The zero-order valence-electron chi connectivity index (χ0n) is 20.6. The van der Waals surface area contributed by atoms with Crippen molar-refractivity contribution in [2.45, 2.75) is 51.0 Å². The largest absolute Gasteiger partial charge is 0.370 e. The van der Waals surface area contributed by atoms with Gasteiger partial charge in [-0.2, -0.15) is 0 Å². The molecule has 1 atom stereocenters. The first-order valence-corrected chi connectivity index (χ1v) is 13.0. The Bertz CT molecular complexity index is 1490. The lowest BCUT2D eigenvalue weighted by molar-refractivity contribution is -0.113. The number of ether oxygens (including phenoxy) is 1. The van der Waals surface area contributed by atoms with E-state index in [1.807, 2.05) is 67.6 Å². The molecule has 0 unspecified atom stereocenters. The summed E-state index contributed by atoms with van der Waals surface area (Å²) in [6, 6.07) is 18.8. The van der Waals surface area contributed by atoms with Crippen molar-refractivity contribution in [2.75, 3.05) is 11.1 Å². The number of anilines is 1. The molecule has 0 saturated carbocycles. The van der Waals surface area contributed by atoms with Crippen molar-refractivity contribution < 1.29 is 9.53 Å². The third-order valence-electron chi connectivity index (χ3n) is 6.54. The lowest BCUT2D eigenvalue weighted by Crippen LogP contribution is -2.35. The SMILES string of the molecule is CC[C@]1(C)Cc2nc3nc(SCC(=O)Nc4ccc(C)cc4)n(-c4ccccc4)c(=O)c3cc2CO1. The zero-order valence-corrected chi connectivity index (χ0v) is 21.4. The molecule has 4 aromatic rings. The van der Waals surface area contributed by atoms with Crippen LogP contribution in [0.3, 0.4) is 0 Å². The Morgan fingerprint density at radius 3 is 2.61 bits per heavy atom. The Balaban J connectivity index is 1.52. The molecule has 0 bridgehead atoms.